The van der Waals surface area contributed by atoms with E-state index in [1.807, 2.05) is 12.1 Å². The van der Waals surface area contributed by atoms with Gasteiger partial charge in [-0.1, -0.05) is 18.2 Å². The SMILES string of the molecule is FC(F)(F)c1ccccc1OCCNCc1cccnc1. The zero-order valence-electron chi connectivity index (χ0n) is 11.2. The summed E-state index contributed by atoms with van der Waals surface area (Å²) in [6.45, 7) is 1.20. The molecule has 0 saturated carbocycles. The van der Waals surface area contributed by atoms with Gasteiger partial charge in [0.15, 0.2) is 0 Å². The molecule has 0 aliphatic heterocycles. The normalized spacial score (nSPS) is 11.4. The third-order valence-electron chi connectivity index (χ3n) is 2.78. The minimum Gasteiger partial charge on any atom is -0.492 e. The summed E-state index contributed by atoms with van der Waals surface area (Å²) in [5.74, 6) is -0.145. The first-order valence-electron chi connectivity index (χ1n) is 6.46. The van der Waals surface area contributed by atoms with Crippen LogP contribution in [0.2, 0.25) is 0 Å². The Labute approximate surface area is 120 Å². The van der Waals surface area contributed by atoms with Crippen LogP contribution in [-0.2, 0) is 12.7 Å². The van der Waals surface area contributed by atoms with E-state index < -0.39 is 11.7 Å². The van der Waals surface area contributed by atoms with E-state index in [4.69, 9.17) is 4.74 Å². The molecule has 3 nitrogen and oxygen atoms in total. The van der Waals surface area contributed by atoms with Crippen molar-refractivity contribution in [1.29, 1.82) is 0 Å². The fourth-order valence-electron chi connectivity index (χ4n) is 1.80. The Kier molecular flexibility index (Phi) is 5.16. The van der Waals surface area contributed by atoms with Crippen molar-refractivity contribution in [2.24, 2.45) is 0 Å². The Morgan fingerprint density at radius 3 is 2.62 bits per heavy atom. The van der Waals surface area contributed by atoms with Crippen LogP contribution < -0.4 is 10.1 Å². The molecule has 0 bridgehead atoms. The Hall–Kier alpha value is -2.08. The number of pyridine rings is 1. The van der Waals surface area contributed by atoms with Crippen molar-refractivity contribution in [1.82, 2.24) is 10.3 Å². The Balaban J connectivity index is 1.79. The van der Waals surface area contributed by atoms with Crippen molar-refractivity contribution < 1.29 is 17.9 Å². The standard InChI is InChI=1S/C15H15F3N2O/c16-15(17,18)13-5-1-2-6-14(13)21-9-8-20-11-12-4-3-7-19-10-12/h1-7,10,20H,8-9,11H2. The van der Waals surface area contributed by atoms with Gasteiger partial charge in [0.1, 0.15) is 12.4 Å². The van der Waals surface area contributed by atoms with Crippen LogP contribution in [-0.4, -0.2) is 18.1 Å². The highest BCUT2D eigenvalue weighted by Gasteiger charge is 2.33. The van der Waals surface area contributed by atoms with E-state index in [1.54, 1.807) is 12.4 Å². The van der Waals surface area contributed by atoms with Crippen LogP contribution in [0.4, 0.5) is 13.2 Å². The summed E-state index contributed by atoms with van der Waals surface area (Å²) in [6.07, 6.45) is -0.993. The van der Waals surface area contributed by atoms with Gasteiger partial charge in [0, 0.05) is 25.5 Å². The molecule has 2 rings (SSSR count). The Morgan fingerprint density at radius 1 is 1.10 bits per heavy atom. The van der Waals surface area contributed by atoms with Gasteiger partial charge in [0.05, 0.1) is 5.56 Å². The summed E-state index contributed by atoms with van der Waals surface area (Å²) in [5, 5.41) is 3.08. The van der Waals surface area contributed by atoms with Crippen LogP contribution in [0.1, 0.15) is 11.1 Å². The van der Waals surface area contributed by atoms with Gasteiger partial charge in [-0.3, -0.25) is 4.98 Å². The van der Waals surface area contributed by atoms with Gasteiger partial charge >= 0.3 is 6.18 Å². The Bertz CT molecular complexity index is 558. The molecule has 1 N–H and O–H groups in total. The van der Waals surface area contributed by atoms with E-state index in [-0.39, 0.29) is 12.4 Å². The molecule has 0 aliphatic rings. The molecule has 1 aromatic carbocycles. The lowest BCUT2D eigenvalue weighted by atomic mass is 10.2. The smallest absolute Gasteiger partial charge is 0.419 e. The molecule has 0 atom stereocenters. The van der Waals surface area contributed by atoms with Crippen LogP contribution >= 0.6 is 0 Å². The van der Waals surface area contributed by atoms with Crippen LogP contribution in [0.3, 0.4) is 0 Å². The van der Waals surface area contributed by atoms with Crippen LogP contribution in [0.25, 0.3) is 0 Å². The molecule has 1 aromatic heterocycles. The number of nitrogens with zero attached hydrogens (tertiary/aromatic N) is 1. The van der Waals surface area contributed by atoms with Gasteiger partial charge in [-0.25, -0.2) is 0 Å². The van der Waals surface area contributed by atoms with Gasteiger partial charge in [-0.15, -0.1) is 0 Å². The maximum absolute atomic E-state index is 12.7. The summed E-state index contributed by atoms with van der Waals surface area (Å²) in [6, 6.07) is 8.94. The van der Waals surface area contributed by atoms with Gasteiger partial charge in [-0.05, 0) is 23.8 Å². The lowest BCUT2D eigenvalue weighted by Crippen LogP contribution is -2.21. The summed E-state index contributed by atoms with van der Waals surface area (Å²) in [5.41, 5.74) is 0.255. The van der Waals surface area contributed by atoms with Crippen LogP contribution in [0.5, 0.6) is 5.75 Å². The molecule has 0 unspecified atom stereocenters. The van der Waals surface area contributed by atoms with Crippen molar-refractivity contribution in [3.8, 4) is 5.75 Å². The quantitative estimate of drug-likeness (QED) is 0.831. The van der Waals surface area contributed by atoms with E-state index in [0.717, 1.165) is 11.6 Å². The van der Waals surface area contributed by atoms with Crippen molar-refractivity contribution in [3.05, 3.63) is 59.9 Å². The third-order valence-corrected chi connectivity index (χ3v) is 2.78. The Morgan fingerprint density at radius 2 is 1.90 bits per heavy atom. The van der Waals surface area contributed by atoms with E-state index in [0.29, 0.717) is 13.1 Å². The zero-order chi connectivity index (χ0) is 15.1. The number of rotatable bonds is 6. The highest BCUT2D eigenvalue weighted by atomic mass is 19.4. The van der Waals surface area contributed by atoms with Gasteiger partial charge in [-0.2, -0.15) is 13.2 Å². The van der Waals surface area contributed by atoms with Crippen molar-refractivity contribution in [3.63, 3.8) is 0 Å². The largest absolute Gasteiger partial charge is 0.492 e. The molecule has 0 amide bonds. The van der Waals surface area contributed by atoms with Crippen molar-refractivity contribution in [2.45, 2.75) is 12.7 Å². The molecule has 21 heavy (non-hydrogen) atoms. The lowest BCUT2D eigenvalue weighted by Gasteiger charge is -2.13. The second-order valence-corrected chi connectivity index (χ2v) is 4.38. The minimum absolute atomic E-state index is 0.145. The molecule has 6 heteroatoms. The number of para-hydroxylation sites is 1. The highest BCUT2D eigenvalue weighted by molar-refractivity contribution is 5.35. The molecular weight excluding hydrogens is 281 g/mol. The highest BCUT2D eigenvalue weighted by Crippen LogP contribution is 2.35. The molecular formula is C15H15F3N2O. The predicted molar refractivity (Wildman–Crippen MR) is 72.9 cm³/mol. The first-order valence-corrected chi connectivity index (χ1v) is 6.46. The number of halogens is 3. The molecule has 0 radical (unpaired) electrons. The molecule has 2 aromatic rings. The van der Waals surface area contributed by atoms with E-state index >= 15 is 0 Å². The van der Waals surface area contributed by atoms with Crippen molar-refractivity contribution >= 4 is 0 Å². The number of hydrogen-bond acceptors (Lipinski definition) is 3. The van der Waals surface area contributed by atoms with Gasteiger partial charge in [0.2, 0.25) is 0 Å². The molecule has 1 heterocycles. The monoisotopic (exact) mass is 296 g/mol. The van der Waals surface area contributed by atoms with E-state index in [9.17, 15) is 13.2 Å². The number of aromatic nitrogens is 1. The van der Waals surface area contributed by atoms with Crippen LogP contribution in [0.15, 0.2) is 48.8 Å². The summed E-state index contributed by atoms with van der Waals surface area (Å²) in [7, 11) is 0. The average molecular weight is 296 g/mol. The summed E-state index contributed by atoms with van der Waals surface area (Å²) >= 11 is 0. The second-order valence-electron chi connectivity index (χ2n) is 4.38. The van der Waals surface area contributed by atoms with Gasteiger partial charge < -0.3 is 10.1 Å². The molecule has 0 aliphatic carbocycles. The number of alkyl halides is 3. The molecule has 0 fully saturated rings. The van der Waals surface area contributed by atoms with Gasteiger partial charge in [0.25, 0.3) is 0 Å². The maximum Gasteiger partial charge on any atom is 0.419 e. The summed E-state index contributed by atoms with van der Waals surface area (Å²) in [4.78, 5) is 3.97. The fraction of sp³-hybridized carbons (Fsp3) is 0.267. The number of nitrogens with one attached hydrogen (secondary N) is 1. The number of ether oxygens (including phenoxy) is 1. The van der Waals surface area contributed by atoms with Crippen molar-refractivity contribution in [2.75, 3.05) is 13.2 Å². The van der Waals surface area contributed by atoms with Crippen LogP contribution in [0, 0.1) is 0 Å². The number of hydrogen-bond donors (Lipinski definition) is 1. The predicted octanol–water partition coefficient (Wildman–Crippen LogP) is 3.27. The van der Waals surface area contributed by atoms with E-state index in [2.05, 4.69) is 10.3 Å². The molecule has 112 valence electrons. The number of benzene rings is 1. The van der Waals surface area contributed by atoms with E-state index in [1.165, 1.54) is 18.2 Å². The summed E-state index contributed by atoms with van der Waals surface area (Å²) < 4.78 is 43.4. The zero-order valence-corrected chi connectivity index (χ0v) is 11.2. The maximum atomic E-state index is 12.7. The molecule has 0 spiro atoms. The fourth-order valence-corrected chi connectivity index (χ4v) is 1.80. The lowest BCUT2D eigenvalue weighted by molar-refractivity contribution is -0.138. The second kappa shape index (κ2) is 7.08. The minimum atomic E-state index is -4.40. The molecule has 0 saturated heterocycles. The first-order chi connectivity index (χ1) is 10.1. The average Bonchev–Trinajstić information content (AvgIpc) is 2.47. The third kappa shape index (κ3) is 4.75. The first kappa shape index (κ1) is 15.3. The topological polar surface area (TPSA) is 34.1 Å².